The van der Waals surface area contributed by atoms with Crippen LogP contribution in [-0.2, 0) is 16.1 Å². The van der Waals surface area contributed by atoms with E-state index >= 15 is 0 Å². The zero-order valence-electron chi connectivity index (χ0n) is 11.8. The molecule has 1 aliphatic heterocycles. The first-order valence-electron chi connectivity index (χ1n) is 6.90. The van der Waals surface area contributed by atoms with Crippen LogP contribution in [0.15, 0.2) is 18.2 Å². The average molecular weight is 298 g/mol. The highest BCUT2D eigenvalue weighted by atomic mass is 35.5. The largest absolute Gasteiger partial charge is 0.489 e. The molecular formula is C15H20ClNO3. The molecule has 1 aliphatic rings. The number of ether oxygens (including phenoxy) is 2. The van der Waals surface area contributed by atoms with Gasteiger partial charge in [-0.05, 0) is 44.4 Å². The minimum atomic E-state index is -0.297. The van der Waals surface area contributed by atoms with Gasteiger partial charge in [-0.2, -0.15) is 0 Å². The number of hydrogen-bond acceptors (Lipinski definition) is 3. The number of carbonyl (C=O) groups excluding carboxylic acids is 1. The topological polar surface area (TPSA) is 47.6 Å². The molecule has 1 heterocycles. The molecule has 1 saturated heterocycles. The van der Waals surface area contributed by atoms with Gasteiger partial charge in [-0.1, -0.05) is 17.7 Å². The zero-order chi connectivity index (χ0) is 14.5. The fourth-order valence-corrected chi connectivity index (χ4v) is 2.34. The fourth-order valence-electron chi connectivity index (χ4n) is 2.09. The Hall–Kier alpha value is -1.26. The van der Waals surface area contributed by atoms with Crippen LogP contribution in [0.5, 0.6) is 5.75 Å². The molecule has 1 N–H and O–H groups in total. The molecule has 4 nitrogen and oxygen atoms in total. The highest BCUT2D eigenvalue weighted by Crippen LogP contribution is 2.26. The van der Waals surface area contributed by atoms with Crippen LogP contribution < -0.4 is 10.1 Å². The number of benzene rings is 1. The Morgan fingerprint density at radius 2 is 2.35 bits per heavy atom. The Morgan fingerprint density at radius 3 is 2.95 bits per heavy atom. The van der Waals surface area contributed by atoms with Crippen molar-refractivity contribution in [3.63, 3.8) is 0 Å². The summed E-state index contributed by atoms with van der Waals surface area (Å²) in [5.41, 5.74) is 0.942. The Kier molecular flexibility index (Phi) is 5.26. The lowest BCUT2D eigenvalue weighted by Crippen LogP contribution is -2.33. The normalized spacial score (nSPS) is 18.3. The van der Waals surface area contributed by atoms with Gasteiger partial charge in [-0.3, -0.25) is 4.79 Å². The van der Waals surface area contributed by atoms with Crippen LogP contribution >= 0.6 is 11.6 Å². The molecule has 1 unspecified atom stereocenters. The maximum atomic E-state index is 11.8. The molecule has 1 atom stereocenters. The fraction of sp³-hybridized carbons (Fsp3) is 0.533. The minimum Gasteiger partial charge on any atom is -0.489 e. The molecule has 2 rings (SSSR count). The van der Waals surface area contributed by atoms with Gasteiger partial charge in [0.1, 0.15) is 11.9 Å². The molecule has 1 aromatic carbocycles. The molecule has 20 heavy (non-hydrogen) atoms. The molecule has 0 radical (unpaired) electrons. The number of hydrogen-bond donors (Lipinski definition) is 1. The van der Waals surface area contributed by atoms with Crippen LogP contribution in [0, 0.1) is 0 Å². The van der Waals surface area contributed by atoms with Crippen LogP contribution in [0.3, 0.4) is 0 Å². The smallest absolute Gasteiger partial charge is 0.249 e. The average Bonchev–Trinajstić information content (AvgIpc) is 2.92. The Balaban J connectivity index is 1.89. The van der Waals surface area contributed by atoms with Gasteiger partial charge < -0.3 is 14.8 Å². The first-order valence-corrected chi connectivity index (χ1v) is 7.28. The van der Waals surface area contributed by atoms with Gasteiger partial charge in [0.25, 0.3) is 0 Å². The van der Waals surface area contributed by atoms with Gasteiger partial charge >= 0.3 is 0 Å². The standard InChI is InChI=1S/C15H20ClNO3/c1-10(2)20-13-6-5-11(8-12(13)16)9-17-15(18)14-4-3-7-19-14/h5-6,8,10,14H,3-4,7,9H2,1-2H3,(H,17,18). The van der Waals surface area contributed by atoms with E-state index in [1.807, 2.05) is 32.0 Å². The highest BCUT2D eigenvalue weighted by Gasteiger charge is 2.23. The number of halogens is 1. The van der Waals surface area contributed by atoms with Crippen molar-refractivity contribution in [1.29, 1.82) is 0 Å². The van der Waals surface area contributed by atoms with Gasteiger partial charge in [-0.15, -0.1) is 0 Å². The van der Waals surface area contributed by atoms with Gasteiger partial charge in [0.2, 0.25) is 5.91 Å². The van der Waals surface area contributed by atoms with E-state index < -0.39 is 0 Å². The lowest BCUT2D eigenvalue weighted by molar-refractivity contribution is -0.130. The monoisotopic (exact) mass is 297 g/mol. The van der Waals surface area contributed by atoms with Crippen molar-refractivity contribution in [3.8, 4) is 5.75 Å². The lowest BCUT2D eigenvalue weighted by Gasteiger charge is -2.13. The summed E-state index contributed by atoms with van der Waals surface area (Å²) in [6.45, 7) is 5.02. The second-order valence-corrected chi connectivity index (χ2v) is 5.56. The molecule has 1 amide bonds. The maximum Gasteiger partial charge on any atom is 0.249 e. The number of nitrogens with one attached hydrogen (secondary N) is 1. The predicted octanol–water partition coefficient (Wildman–Crippen LogP) is 2.92. The van der Waals surface area contributed by atoms with E-state index in [4.69, 9.17) is 21.1 Å². The van der Waals surface area contributed by atoms with Crippen molar-refractivity contribution in [1.82, 2.24) is 5.32 Å². The molecule has 1 fully saturated rings. The third-order valence-electron chi connectivity index (χ3n) is 3.05. The number of carbonyl (C=O) groups is 1. The van der Waals surface area contributed by atoms with Crippen molar-refractivity contribution >= 4 is 17.5 Å². The summed E-state index contributed by atoms with van der Waals surface area (Å²) in [6.07, 6.45) is 1.53. The number of rotatable bonds is 5. The Bertz CT molecular complexity index is 470. The highest BCUT2D eigenvalue weighted by molar-refractivity contribution is 6.32. The first-order chi connectivity index (χ1) is 9.56. The van der Waals surface area contributed by atoms with E-state index in [2.05, 4.69) is 5.32 Å². The summed E-state index contributed by atoms with van der Waals surface area (Å²) in [5.74, 6) is 0.608. The molecular weight excluding hydrogens is 278 g/mol. The molecule has 0 bridgehead atoms. The second kappa shape index (κ2) is 6.95. The molecule has 0 aliphatic carbocycles. The van der Waals surface area contributed by atoms with Crippen LogP contribution in [0.25, 0.3) is 0 Å². The van der Waals surface area contributed by atoms with E-state index in [-0.39, 0.29) is 18.1 Å². The number of amides is 1. The van der Waals surface area contributed by atoms with Crippen molar-refractivity contribution in [3.05, 3.63) is 28.8 Å². The van der Waals surface area contributed by atoms with E-state index in [9.17, 15) is 4.79 Å². The van der Waals surface area contributed by atoms with E-state index in [0.717, 1.165) is 18.4 Å². The summed E-state index contributed by atoms with van der Waals surface area (Å²) >= 11 is 6.15. The first kappa shape index (κ1) is 15.1. The van der Waals surface area contributed by atoms with Crippen molar-refractivity contribution in [2.45, 2.75) is 45.4 Å². The van der Waals surface area contributed by atoms with Crippen LogP contribution in [-0.4, -0.2) is 24.7 Å². The third kappa shape index (κ3) is 4.12. The van der Waals surface area contributed by atoms with Crippen LogP contribution in [0.4, 0.5) is 0 Å². The second-order valence-electron chi connectivity index (χ2n) is 5.15. The SMILES string of the molecule is CC(C)Oc1ccc(CNC(=O)C2CCCO2)cc1Cl. The van der Waals surface area contributed by atoms with E-state index in [1.54, 1.807) is 0 Å². The molecule has 110 valence electrons. The Morgan fingerprint density at radius 1 is 1.55 bits per heavy atom. The van der Waals surface area contributed by atoms with Gasteiger partial charge in [0.15, 0.2) is 0 Å². The molecule has 0 aromatic heterocycles. The lowest BCUT2D eigenvalue weighted by atomic mass is 10.2. The Labute approximate surface area is 124 Å². The summed E-state index contributed by atoms with van der Waals surface area (Å²) in [7, 11) is 0. The van der Waals surface area contributed by atoms with Crippen molar-refractivity contribution in [2.24, 2.45) is 0 Å². The summed E-state index contributed by atoms with van der Waals surface area (Å²) in [5, 5.41) is 3.42. The predicted molar refractivity (Wildman–Crippen MR) is 78.0 cm³/mol. The maximum absolute atomic E-state index is 11.8. The summed E-state index contributed by atoms with van der Waals surface area (Å²) in [4.78, 5) is 11.8. The summed E-state index contributed by atoms with van der Waals surface area (Å²) in [6, 6.07) is 5.55. The van der Waals surface area contributed by atoms with Crippen molar-refractivity contribution < 1.29 is 14.3 Å². The van der Waals surface area contributed by atoms with Gasteiger partial charge in [0.05, 0.1) is 11.1 Å². The van der Waals surface area contributed by atoms with Gasteiger partial charge in [0, 0.05) is 13.2 Å². The third-order valence-corrected chi connectivity index (χ3v) is 3.34. The van der Waals surface area contributed by atoms with Crippen molar-refractivity contribution in [2.75, 3.05) is 6.61 Å². The van der Waals surface area contributed by atoms with Crippen LogP contribution in [0.2, 0.25) is 5.02 Å². The van der Waals surface area contributed by atoms with E-state index in [1.165, 1.54) is 0 Å². The zero-order valence-corrected chi connectivity index (χ0v) is 12.6. The van der Waals surface area contributed by atoms with Gasteiger partial charge in [-0.25, -0.2) is 0 Å². The summed E-state index contributed by atoms with van der Waals surface area (Å²) < 4.78 is 10.9. The van der Waals surface area contributed by atoms with Crippen LogP contribution in [0.1, 0.15) is 32.3 Å². The minimum absolute atomic E-state index is 0.0545. The van der Waals surface area contributed by atoms with E-state index in [0.29, 0.717) is 23.9 Å². The quantitative estimate of drug-likeness (QED) is 0.909. The molecule has 5 heteroatoms. The molecule has 1 aromatic rings. The molecule has 0 spiro atoms. The molecule has 0 saturated carbocycles.